The second kappa shape index (κ2) is 6.91. The van der Waals surface area contributed by atoms with Gasteiger partial charge < -0.3 is 14.7 Å². The van der Waals surface area contributed by atoms with Gasteiger partial charge in [-0.3, -0.25) is 10.1 Å². The first kappa shape index (κ1) is 15.8. The summed E-state index contributed by atoms with van der Waals surface area (Å²) in [6.07, 6.45) is -0.844. The molecule has 22 heavy (non-hydrogen) atoms. The summed E-state index contributed by atoms with van der Waals surface area (Å²) in [5.74, 6) is 0.145. The molecule has 0 aliphatic heterocycles. The summed E-state index contributed by atoms with van der Waals surface area (Å²) in [6.45, 7) is -0.0538. The molecule has 0 spiro atoms. The van der Waals surface area contributed by atoms with Crippen LogP contribution in [0, 0.1) is 10.1 Å². The lowest BCUT2D eigenvalue weighted by Crippen LogP contribution is -2.12. The predicted molar refractivity (Wildman–Crippen MR) is 84.3 cm³/mol. The zero-order valence-electron chi connectivity index (χ0n) is 12.5. The Hall–Kier alpha value is -2.60. The van der Waals surface area contributed by atoms with Crippen LogP contribution in [0.2, 0.25) is 0 Å². The Balaban J connectivity index is 2.17. The van der Waals surface area contributed by atoms with Gasteiger partial charge in [-0.2, -0.15) is 0 Å². The van der Waals surface area contributed by atoms with Crippen molar-refractivity contribution in [1.82, 2.24) is 0 Å². The highest BCUT2D eigenvalue weighted by atomic mass is 16.6. The molecule has 0 aromatic heterocycles. The molecule has 0 saturated heterocycles. The summed E-state index contributed by atoms with van der Waals surface area (Å²) in [5, 5.41) is 21.2. The van der Waals surface area contributed by atoms with E-state index < -0.39 is 11.0 Å². The number of hydrogen-bond donors (Lipinski definition) is 1. The quantitative estimate of drug-likeness (QED) is 0.656. The molecule has 0 saturated carbocycles. The summed E-state index contributed by atoms with van der Waals surface area (Å²) in [6, 6.07) is 13.7. The molecule has 2 aromatic rings. The zero-order chi connectivity index (χ0) is 16.1. The van der Waals surface area contributed by atoms with Gasteiger partial charge >= 0.3 is 5.69 Å². The molecule has 0 amide bonds. The van der Waals surface area contributed by atoms with Crippen LogP contribution < -0.4 is 9.64 Å². The lowest BCUT2D eigenvalue weighted by molar-refractivity contribution is -0.385. The highest BCUT2D eigenvalue weighted by Gasteiger charge is 2.18. The fraction of sp³-hybridized carbons (Fsp3) is 0.250. The van der Waals surface area contributed by atoms with Crippen LogP contribution in [0.4, 0.5) is 11.4 Å². The monoisotopic (exact) mass is 302 g/mol. The van der Waals surface area contributed by atoms with Crippen molar-refractivity contribution in [2.45, 2.75) is 6.10 Å². The molecular formula is C16H18N2O4. The number of nitrogens with zero attached hydrogens (tertiary/aromatic N) is 2. The van der Waals surface area contributed by atoms with E-state index in [-0.39, 0.29) is 18.0 Å². The fourth-order valence-corrected chi connectivity index (χ4v) is 1.99. The van der Waals surface area contributed by atoms with E-state index in [1.807, 2.05) is 37.2 Å². The van der Waals surface area contributed by atoms with Gasteiger partial charge in [0.1, 0.15) is 12.7 Å². The van der Waals surface area contributed by atoms with Gasteiger partial charge in [0.15, 0.2) is 5.75 Å². The van der Waals surface area contributed by atoms with Gasteiger partial charge in [0, 0.05) is 31.9 Å². The van der Waals surface area contributed by atoms with E-state index in [2.05, 4.69) is 0 Å². The van der Waals surface area contributed by atoms with E-state index >= 15 is 0 Å². The van der Waals surface area contributed by atoms with Gasteiger partial charge in [0.25, 0.3) is 0 Å². The van der Waals surface area contributed by atoms with Crippen LogP contribution in [0.25, 0.3) is 0 Å². The van der Waals surface area contributed by atoms with Crippen molar-refractivity contribution in [2.24, 2.45) is 0 Å². The van der Waals surface area contributed by atoms with Crippen molar-refractivity contribution in [3.05, 3.63) is 64.2 Å². The average molecular weight is 302 g/mol. The van der Waals surface area contributed by atoms with Crippen LogP contribution in [0.5, 0.6) is 5.75 Å². The molecule has 1 atom stereocenters. The molecule has 116 valence electrons. The Labute approximate surface area is 128 Å². The third kappa shape index (κ3) is 3.73. The van der Waals surface area contributed by atoms with Crippen LogP contribution in [0.3, 0.4) is 0 Å². The second-order valence-corrected chi connectivity index (χ2v) is 5.04. The van der Waals surface area contributed by atoms with Crippen molar-refractivity contribution in [2.75, 3.05) is 25.6 Å². The third-order valence-electron chi connectivity index (χ3n) is 3.24. The molecule has 0 radical (unpaired) electrons. The maximum atomic E-state index is 11.1. The molecule has 0 unspecified atom stereocenters. The van der Waals surface area contributed by atoms with Crippen molar-refractivity contribution >= 4 is 11.4 Å². The molecule has 0 heterocycles. The Morgan fingerprint density at radius 3 is 2.50 bits per heavy atom. The number of nitro groups is 1. The van der Waals surface area contributed by atoms with Crippen LogP contribution in [-0.4, -0.2) is 30.7 Å². The van der Waals surface area contributed by atoms with E-state index in [4.69, 9.17) is 4.74 Å². The fourth-order valence-electron chi connectivity index (χ4n) is 1.99. The Kier molecular flexibility index (Phi) is 4.95. The molecule has 0 fully saturated rings. The summed E-state index contributed by atoms with van der Waals surface area (Å²) < 4.78 is 5.49. The van der Waals surface area contributed by atoms with E-state index in [0.717, 1.165) is 5.69 Å². The summed E-state index contributed by atoms with van der Waals surface area (Å²) >= 11 is 0. The average Bonchev–Trinajstić information content (AvgIpc) is 2.52. The minimum absolute atomic E-state index is 0.0538. The van der Waals surface area contributed by atoms with E-state index in [9.17, 15) is 15.2 Å². The van der Waals surface area contributed by atoms with Crippen molar-refractivity contribution in [3.8, 4) is 5.75 Å². The Morgan fingerprint density at radius 1 is 1.23 bits per heavy atom. The molecule has 2 aromatic carbocycles. The molecule has 1 N–H and O–H groups in total. The first-order chi connectivity index (χ1) is 10.5. The molecule has 6 nitrogen and oxygen atoms in total. The summed E-state index contributed by atoms with van der Waals surface area (Å²) in [7, 11) is 3.67. The standard InChI is InChI=1S/C16H18N2O4/c1-17(2)13-8-9-14(18(20)21)16(10-13)22-11-15(19)12-6-4-3-5-7-12/h3-10,15,19H,11H2,1-2H3/t15-/m0/s1. The number of rotatable bonds is 6. The van der Waals surface area contributed by atoms with Crippen molar-refractivity contribution in [1.29, 1.82) is 0 Å². The van der Waals surface area contributed by atoms with Crippen molar-refractivity contribution in [3.63, 3.8) is 0 Å². The first-order valence-corrected chi connectivity index (χ1v) is 6.80. The topological polar surface area (TPSA) is 75.8 Å². The lowest BCUT2D eigenvalue weighted by Gasteiger charge is -2.16. The van der Waals surface area contributed by atoms with E-state index in [1.54, 1.807) is 24.3 Å². The van der Waals surface area contributed by atoms with Crippen LogP contribution in [0.1, 0.15) is 11.7 Å². The number of benzene rings is 2. The molecule has 0 bridgehead atoms. The smallest absolute Gasteiger partial charge is 0.311 e. The zero-order valence-corrected chi connectivity index (χ0v) is 12.5. The maximum absolute atomic E-state index is 11.1. The molecule has 6 heteroatoms. The van der Waals surface area contributed by atoms with Gasteiger partial charge in [-0.05, 0) is 11.6 Å². The molecular weight excluding hydrogens is 284 g/mol. The highest BCUT2D eigenvalue weighted by molar-refractivity contribution is 5.58. The van der Waals surface area contributed by atoms with Crippen molar-refractivity contribution < 1.29 is 14.8 Å². The second-order valence-electron chi connectivity index (χ2n) is 5.04. The van der Waals surface area contributed by atoms with Gasteiger partial charge in [-0.25, -0.2) is 0 Å². The van der Waals surface area contributed by atoms with Crippen LogP contribution >= 0.6 is 0 Å². The largest absolute Gasteiger partial charge is 0.484 e. The van der Waals surface area contributed by atoms with Gasteiger partial charge in [-0.15, -0.1) is 0 Å². The van der Waals surface area contributed by atoms with Crippen LogP contribution in [0.15, 0.2) is 48.5 Å². The summed E-state index contributed by atoms with van der Waals surface area (Å²) in [4.78, 5) is 12.4. The maximum Gasteiger partial charge on any atom is 0.311 e. The highest BCUT2D eigenvalue weighted by Crippen LogP contribution is 2.31. The van der Waals surface area contributed by atoms with Gasteiger partial charge in [0.05, 0.1) is 4.92 Å². The van der Waals surface area contributed by atoms with Gasteiger partial charge in [0.2, 0.25) is 0 Å². The third-order valence-corrected chi connectivity index (χ3v) is 3.24. The minimum atomic E-state index is -0.844. The normalized spacial score (nSPS) is 11.8. The first-order valence-electron chi connectivity index (χ1n) is 6.80. The number of anilines is 1. The number of nitro benzene ring substituents is 1. The number of aliphatic hydroxyl groups is 1. The molecule has 0 aliphatic rings. The molecule has 0 aliphatic carbocycles. The van der Waals surface area contributed by atoms with Gasteiger partial charge in [-0.1, -0.05) is 30.3 Å². The van der Waals surface area contributed by atoms with Crippen LogP contribution in [-0.2, 0) is 0 Å². The number of aliphatic hydroxyl groups excluding tert-OH is 1. The Bertz CT molecular complexity index is 644. The van der Waals surface area contributed by atoms with E-state index in [1.165, 1.54) is 6.07 Å². The lowest BCUT2D eigenvalue weighted by atomic mass is 10.1. The Morgan fingerprint density at radius 2 is 1.91 bits per heavy atom. The minimum Gasteiger partial charge on any atom is -0.484 e. The summed E-state index contributed by atoms with van der Waals surface area (Å²) in [5.41, 5.74) is 1.37. The number of ether oxygens (including phenoxy) is 1. The molecule has 2 rings (SSSR count). The predicted octanol–water partition coefficient (Wildman–Crippen LogP) is 2.77. The van der Waals surface area contributed by atoms with E-state index in [0.29, 0.717) is 5.56 Å². The SMILES string of the molecule is CN(C)c1ccc([N+](=O)[O-])c(OC[C@H](O)c2ccccc2)c1. The number of hydrogen-bond acceptors (Lipinski definition) is 5.